The summed E-state index contributed by atoms with van der Waals surface area (Å²) < 4.78 is 18.9. The molecule has 1 heterocycles. The summed E-state index contributed by atoms with van der Waals surface area (Å²) in [5, 5.41) is 8.75. The lowest BCUT2D eigenvalue weighted by Gasteiger charge is -2.32. The lowest BCUT2D eigenvalue weighted by molar-refractivity contribution is -0.141. The number of amides is 1. The minimum Gasteiger partial charge on any atom is -0.481 e. The van der Waals surface area contributed by atoms with Crippen LogP contribution in [0.2, 0.25) is 0 Å². The maximum atomic E-state index is 13.4. The molecule has 1 atom stereocenters. The number of hydrogen-bond donors (Lipinski definition) is 1. The second kappa shape index (κ2) is 6.32. The van der Waals surface area contributed by atoms with Gasteiger partial charge in [0.2, 0.25) is 0 Å². The second-order valence-corrected chi connectivity index (χ2v) is 5.24. The van der Waals surface area contributed by atoms with Gasteiger partial charge in [-0.25, -0.2) is 4.39 Å². The zero-order chi connectivity index (χ0) is 14.7. The molecule has 7 heteroatoms. The third-order valence-electron chi connectivity index (χ3n) is 3.01. The van der Waals surface area contributed by atoms with Crippen LogP contribution in [-0.2, 0) is 9.53 Å². The average Bonchev–Trinajstić information content (AvgIpc) is 2.41. The van der Waals surface area contributed by atoms with Gasteiger partial charge in [0.15, 0.2) is 0 Å². The molecule has 1 N–H and O–H groups in total. The van der Waals surface area contributed by atoms with Gasteiger partial charge in [0.1, 0.15) is 5.82 Å². The molecule has 1 amide bonds. The number of carboxylic acid groups (broad SMARTS) is 1. The molecule has 5 nitrogen and oxygen atoms in total. The van der Waals surface area contributed by atoms with E-state index in [1.807, 2.05) is 0 Å². The van der Waals surface area contributed by atoms with Crippen LogP contribution in [0.25, 0.3) is 0 Å². The van der Waals surface area contributed by atoms with Crippen LogP contribution in [0.5, 0.6) is 0 Å². The fourth-order valence-electron chi connectivity index (χ4n) is 2.06. The first-order chi connectivity index (χ1) is 9.49. The maximum Gasteiger partial charge on any atom is 0.306 e. The number of carbonyl (C=O) groups excluding carboxylic acids is 1. The molecule has 1 aromatic carbocycles. The van der Waals surface area contributed by atoms with E-state index in [-0.39, 0.29) is 35.5 Å². The van der Waals surface area contributed by atoms with Gasteiger partial charge in [-0.05, 0) is 28.1 Å². The molecule has 1 aliphatic heterocycles. The van der Waals surface area contributed by atoms with Crippen LogP contribution in [0, 0.1) is 5.82 Å². The first-order valence-corrected chi connectivity index (χ1v) is 6.85. The van der Waals surface area contributed by atoms with Gasteiger partial charge in [0.05, 0.1) is 29.2 Å². The Kier molecular flexibility index (Phi) is 4.72. The van der Waals surface area contributed by atoms with Crippen LogP contribution >= 0.6 is 15.9 Å². The minimum atomic E-state index is -0.976. The zero-order valence-corrected chi connectivity index (χ0v) is 12.1. The molecule has 1 aromatic rings. The number of aliphatic carboxylic acids is 1. The van der Waals surface area contributed by atoms with E-state index in [0.717, 1.165) is 0 Å². The van der Waals surface area contributed by atoms with Gasteiger partial charge < -0.3 is 14.7 Å². The van der Waals surface area contributed by atoms with E-state index in [4.69, 9.17) is 9.84 Å². The standard InChI is InChI=1S/C13H13BrFNO4/c14-12-9(2-1-3-10(12)15)13(19)16-4-5-20-8(7-16)6-11(17)18/h1-3,8H,4-7H2,(H,17,18). The summed E-state index contributed by atoms with van der Waals surface area (Å²) in [5.74, 6) is -1.82. The van der Waals surface area contributed by atoms with Crippen molar-refractivity contribution in [3.05, 3.63) is 34.1 Å². The van der Waals surface area contributed by atoms with E-state index >= 15 is 0 Å². The highest BCUT2D eigenvalue weighted by Gasteiger charge is 2.27. The quantitative estimate of drug-likeness (QED) is 0.908. The van der Waals surface area contributed by atoms with Crippen molar-refractivity contribution >= 4 is 27.8 Å². The molecule has 0 aromatic heterocycles. The van der Waals surface area contributed by atoms with Gasteiger partial charge in [0.25, 0.3) is 5.91 Å². The Balaban J connectivity index is 2.12. The van der Waals surface area contributed by atoms with Gasteiger partial charge >= 0.3 is 5.97 Å². The highest BCUT2D eigenvalue weighted by atomic mass is 79.9. The molecule has 20 heavy (non-hydrogen) atoms. The van der Waals surface area contributed by atoms with Crippen molar-refractivity contribution in [2.75, 3.05) is 19.7 Å². The molecule has 1 saturated heterocycles. The molecule has 0 spiro atoms. The van der Waals surface area contributed by atoms with Gasteiger partial charge in [0, 0.05) is 13.1 Å². The van der Waals surface area contributed by atoms with Crippen LogP contribution in [-0.4, -0.2) is 47.7 Å². The van der Waals surface area contributed by atoms with E-state index < -0.39 is 17.9 Å². The Hall–Kier alpha value is -1.47. The molecular formula is C13H13BrFNO4. The van der Waals surface area contributed by atoms with Crippen molar-refractivity contribution in [3.63, 3.8) is 0 Å². The summed E-state index contributed by atoms with van der Waals surface area (Å²) in [6.07, 6.45) is -0.689. The predicted molar refractivity (Wildman–Crippen MR) is 72.0 cm³/mol. The molecule has 0 radical (unpaired) electrons. The third-order valence-corrected chi connectivity index (χ3v) is 3.82. The van der Waals surface area contributed by atoms with E-state index in [2.05, 4.69) is 15.9 Å². The zero-order valence-electron chi connectivity index (χ0n) is 10.5. The largest absolute Gasteiger partial charge is 0.481 e. The van der Waals surface area contributed by atoms with Crippen LogP contribution in [0.15, 0.2) is 22.7 Å². The van der Waals surface area contributed by atoms with Crippen LogP contribution in [0.4, 0.5) is 4.39 Å². The molecule has 0 bridgehead atoms. The lowest BCUT2D eigenvalue weighted by Crippen LogP contribution is -2.46. The number of rotatable bonds is 3. The molecule has 108 valence electrons. The summed E-state index contributed by atoms with van der Waals surface area (Å²) in [7, 11) is 0. The number of morpholine rings is 1. The number of nitrogens with zero attached hydrogens (tertiary/aromatic N) is 1. The average molecular weight is 346 g/mol. The number of carboxylic acids is 1. The molecule has 0 saturated carbocycles. The molecule has 1 unspecified atom stereocenters. The summed E-state index contributed by atoms with van der Waals surface area (Å²) in [4.78, 5) is 24.5. The van der Waals surface area contributed by atoms with Crippen LogP contribution in [0.1, 0.15) is 16.8 Å². The van der Waals surface area contributed by atoms with Gasteiger partial charge in [-0.3, -0.25) is 9.59 Å². The highest BCUT2D eigenvalue weighted by Crippen LogP contribution is 2.23. The Morgan fingerprint density at radius 3 is 2.95 bits per heavy atom. The second-order valence-electron chi connectivity index (χ2n) is 4.44. The topological polar surface area (TPSA) is 66.8 Å². The Labute approximate surface area is 123 Å². The highest BCUT2D eigenvalue weighted by molar-refractivity contribution is 9.10. The van der Waals surface area contributed by atoms with Crippen LogP contribution < -0.4 is 0 Å². The van der Waals surface area contributed by atoms with Crippen molar-refractivity contribution in [2.24, 2.45) is 0 Å². The van der Waals surface area contributed by atoms with E-state index in [1.54, 1.807) is 0 Å². The third kappa shape index (κ3) is 3.34. The van der Waals surface area contributed by atoms with Crippen molar-refractivity contribution < 1.29 is 23.8 Å². The summed E-state index contributed by atoms with van der Waals surface area (Å²) in [5.41, 5.74) is 0.223. The maximum absolute atomic E-state index is 13.4. The molecule has 2 rings (SSSR count). The molecular weight excluding hydrogens is 333 g/mol. The molecule has 1 aliphatic rings. The number of carbonyl (C=O) groups is 2. The first kappa shape index (κ1) is 14.9. The van der Waals surface area contributed by atoms with Crippen molar-refractivity contribution in [1.29, 1.82) is 0 Å². The predicted octanol–water partition coefficient (Wildman–Crippen LogP) is 1.90. The Bertz CT molecular complexity index is 537. The lowest BCUT2D eigenvalue weighted by atomic mass is 10.1. The SMILES string of the molecule is O=C(O)CC1CN(C(=O)c2cccc(F)c2Br)CCO1. The van der Waals surface area contributed by atoms with Gasteiger partial charge in [-0.15, -0.1) is 0 Å². The van der Waals surface area contributed by atoms with Crippen LogP contribution in [0.3, 0.4) is 0 Å². The van der Waals surface area contributed by atoms with Crippen molar-refractivity contribution in [2.45, 2.75) is 12.5 Å². The Morgan fingerprint density at radius 2 is 2.25 bits per heavy atom. The normalized spacial score (nSPS) is 18.9. The van der Waals surface area contributed by atoms with E-state index in [0.29, 0.717) is 6.54 Å². The molecule has 0 aliphatic carbocycles. The van der Waals surface area contributed by atoms with E-state index in [9.17, 15) is 14.0 Å². The van der Waals surface area contributed by atoms with Crippen molar-refractivity contribution in [3.8, 4) is 0 Å². The number of halogens is 2. The monoisotopic (exact) mass is 345 g/mol. The van der Waals surface area contributed by atoms with Gasteiger partial charge in [-0.1, -0.05) is 6.07 Å². The number of benzene rings is 1. The minimum absolute atomic E-state index is 0.117. The first-order valence-electron chi connectivity index (χ1n) is 6.05. The smallest absolute Gasteiger partial charge is 0.306 e. The summed E-state index contributed by atoms with van der Waals surface area (Å²) in [6, 6.07) is 4.24. The fourth-order valence-corrected chi connectivity index (χ4v) is 2.50. The van der Waals surface area contributed by atoms with E-state index in [1.165, 1.54) is 23.1 Å². The summed E-state index contributed by atoms with van der Waals surface area (Å²) in [6.45, 7) is 0.822. The Morgan fingerprint density at radius 1 is 1.50 bits per heavy atom. The van der Waals surface area contributed by atoms with Crippen molar-refractivity contribution in [1.82, 2.24) is 4.90 Å². The molecule has 1 fully saturated rings. The number of hydrogen-bond acceptors (Lipinski definition) is 3. The number of ether oxygens (including phenoxy) is 1. The summed E-state index contributed by atoms with van der Waals surface area (Å²) >= 11 is 3.05. The fraction of sp³-hybridized carbons (Fsp3) is 0.385. The van der Waals surface area contributed by atoms with Gasteiger partial charge in [-0.2, -0.15) is 0 Å².